The molecule has 0 unspecified atom stereocenters. The fraction of sp³-hybridized carbons (Fsp3) is 0.263. The van der Waals surface area contributed by atoms with Crippen LogP contribution < -0.4 is 15.6 Å². The Bertz CT molecular complexity index is 781. The first kappa shape index (κ1) is 20.1. The number of rotatable bonds is 7. The lowest BCUT2D eigenvalue weighted by Gasteiger charge is -2.12. The molecule has 0 saturated heterocycles. The van der Waals surface area contributed by atoms with Gasteiger partial charge in [-0.1, -0.05) is 55.1 Å². The first-order valence-corrected chi connectivity index (χ1v) is 9.06. The molecule has 2 rings (SSSR count). The first-order chi connectivity index (χ1) is 12.5. The molecular formula is C19H20Cl2N2O3. The molecule has 2 N–H and O–H groups in total. The van der Waals surface area contributed by atoms with Crippen molar-refractivity contribution < 1.29 is 14.3 Å². The highest BCUT2D eigenvalue weighted by Crippen LogP contribution is 2.21. The highest BCUT2D eigenvalue weighted by molar-refractivity contribution is 6.36. The van der Waals surface area contributed by atoms with Crippen molar-refractivity contribution in [3.63, 3.8) is 0 Å². The molecule has 0 aliphatic rings. The second kappa shape index (κ2) is 10.0. The lowest BCUT2D eigenvalue weighted by atomic mass is 10.2. The van der Waals surface area contributed by atoms with E-state index in [1.54, 1.807) is 30.3 Å². The minimum Gasteiger partial charge on any atom is -0.493 e. The largest absolute Gasteiger partial charge is 0.493 e. The summed E-state index contributed by atoms with van der Waals surface area (Å²) in [5.41, 5.74) is 5.26. The van der Waals surface area contributed by atoms with E-state index in [4.69, 9.17) is 27.9 Å². The number of benzene rings is 2. The molecule has 0 saturated carbocycles. The van der Waals surface area contributed by atoms with E-state index in [0.717, 1.165) is 19.3 Å². The lowest BCUT2D eigenvalue weighted by Crippen LogP contribution is -2.41. The predicted octanol–water partition coefficient (Wildman–Crippen LogP) is 4.64. The molecule has 0 aliphatic heterocycles. The molecule has 138 valence electrons. The molecular weight excluding hydrogens is 375 g/mol. The molecule has 2 aromatic rings. The van der Waals surface area contributed by atoms with Crippen LogP contribution >= 0.6 is 23.2 Å². The highest BCUT2D eigenvalue weighted by atomic mass is 35.5. The van der Waals surface area contributed by atoms with Gasteiger partial charge in [0.25, 0.3) is 11.8 Å². The predicted molar refractivity (Wildman–Crippen MR) is 103 cm³/mol. The highest BCUT2D eigenvalue weighted by Gasteiger charge is 2.15. The van der Waals surface area contributed by atoms with E-state index in [1.165, 1.54) is 12.1 Å². The summed E-state index contributed by atoms with van der Waals surface area (Å²) < 4.78 is 5.67. The lowest BCUT2D eigenvalue weighted by molar-refractivity contribution is 0.0844. The van der Waals surface area contributed by atoms with Crippen LogP contribution in [0.1, 0.15) is 46.9 Å². The molecule has 2 amide bonds. The molecule has 0 heterocycles. The topological polar surface area (TPSA) is 67.4 Å². The minimum absolute atomic E-state index is 0.198. The van der Waals surface area contributed by atoms with Gasteiger partial charge in [0.15, 0.2) is 0 Å². The van der Waals surface area contributed by atoms with Gasteiger partial charge >= 0.3 is 0 Å². The van der Waals surface area contributed by atoms with Gasteiger partial charge < -0.3 is 4.74 Å². The molecule has 5 nitrogen and oxygen atoms in total. The molecule has 0 aromatic heterocycles. The molecule has 26 heavy (non-hydrogen) atoms. The number of para-hydroxylation sites is 1. The average Bonchev–Trinajstić information content (AvgIpc) is 2.63. The maximum absolute atomic E-state index is 12.4. The summed E-state index contributed by atoms with van der Waals surface area (Å²) in [5.74, 6) is -0.546. The Morgan fingerprint density at radius 3 is 2.35 bits per heavy atom. The van der Waals surface area contributed by atoms with Crippen LogP contribution in [0.5, 0.6) is 5.75 Å². The van der Waals surface area contributed by atoms with E-state index in [-0.39, 0.29) is 10.6 Å². The van der Waals surface area contributed by atoms with Crippen molar-refractivity contribution in [1.29, 1.82) is 0 Å². The number of hydrazine groups is 1. The number of hydrogen-bond donors (Lipinski definition) is 2. The standard InChI is InChI=1S/C19H20Cl2N2O3/c1-2-3-6-11-26-17-8-5-4-7-15(17)19(25)23-22-18(24)14-10-9-13(20)12-16(14)21/h4-5,7-10,12H,2-3,6,11H2,1H3,(H,22,24)(H,23,25). The van der Waals surface area contributed by atoms with Crippen LogP contribution in [0.3, 0.4) is 0 Å². The van der Waals surface area contributed by atoms with Gasteiger partial charge in [0, 0.05) is 5.02 Å². The number of hydrogen-bond acceptors (Lipinski definition) is 3. The third-order valence-corrected chi connectivity index (χ3v) is 4.15. The molecule has 0 aliphatic carbocycles. The van der Waals surface area contributed by atoms with E-state index < -0.39 is 11.8 Å². The summed E-state index contributed by atoms with van der Waals surface area (Å²) in [5, 5.41) is 0.619. The fourth-order valence-electron chi connectivity index (χ4n) is 2.24. The van der Waals surface area contributed by atoms with Crippen molar-refractivity contribution in [1.82, 2.24) is 10.9 Å². The number of nitrogens with one attached hydrogen (secondary N) is 2. The molecule has 2 aromatic carbocycles. The third-order valence-electron chi connectivity index (χ3n) is 3.60. The molecule has 0 bridgehead atoms. The summed E-state index contributed by atoms with van der Waals surface area (Å²) >= 11 is 11.8. The van der Waals surface area contributed by atoms with E-state index in [2.05, 4.69) is 17.8 Å². The Labute approximate surface area is 162 Å². The van der Waals surface area contributed by atoms with Gasteiger partial charge in [-0.2, -0.15) is 0 Å². The Morgan fingerprint density at radius 2 is 1.65 bits per heavy atom. The first-order valence-electron chi connectivity index (χ1n) is 8.30. The van der Waals surface area contributed by atoms with Crippen molar-refractivity contribution in [2.75, 3.05) is 6.61 Å². The third kappa shape index (κ3) is 5.64. The second-order valence-corrected chi connectivity index (χ2v) is 6.43. The molecule has 0 spiro atoms. The van der Waals surface area contributed by atoms with Gasteiger partial charge in [0.1, 0.15) is 5.75 Å². The van der Waals surface area contributed by atoms with Crippen molar-refractivity contribution in [2.24, 2.45) is 0 Å². The van der Waals surface area contributed by atoms with Crippen molar-refractivity contribution >= 4 is 35.0 Å². The van der Waals surface area contributed by atoms with Crippen molar-refractivity contribution in [3.05, 3.63) is 63.6 Å². The summed E-state index contributed by atoms with van der Waals surface area (Å²) in [7, 11) is 0. The maximum Gasteiger partial charge on any atom is 0.273 e. The second-order valence-electron chi connectivity index (χ2n) is 5.58. The van der Waals surface area contributed by atoms with Crippen molar-refractivity contribution in [2.45, 2.75) is 26.2 Å². The summed E-state index contributed by atoms with van der Waals surface area (Å²) in [6, 6.07) is 11.4. The zero-order valence-corrected chi connectivity index (χ0v) is 15.9. The Hall–Kier alpha value is -2.24. The van der Waals surface area contributed by atoms with Crippen LogP contribution in [-0.2, 0) is 0 Å². The van der Waals surface area contributed by atoms with Gasteiger partial charge in [-0.05, 0) is 36.8 Å². The van der Waals surface area contributed by atoms with E-state index in [1.807, 2.05) is 0 Å². The number of ether oxygens (including phenoxy) is 1. The number of amides is 2. The van der Waals surface area contributed by atoms with E-state index in [0.29, 0.717) is 22.9 Å². The smallest absolute Gasteiger partial charge is 0.273 e. The van der Waals surface area contributed by atoms with Gasteiger partial charge in [0.2, 0.25) is 0 Å². The van der Waals surface area contributed by atoms with Crippen LogP contribution in [-0.4, -0.2) is 18.4 Å². The van der Waals surface area contributed by atoms with Crippen molar-refractivity contribution in [3.8, 4) is 5.75 Å². The van der Waals surface area contributed by atoms with Gasteiger partial charge in [-0.25, -0.2) is 0 Å². The van der Waals surface area contributed by atoms with E-state index in [9.17, 15) is 9.59 Å². The Morgan fingerprint density at radius 1 is 0.962 bits per heavy atom. The molecule has 7 heteroatoms. The zero-order chi connectivity index (χ0) is 18.9. The fourth-order valence-corrected chi connectivity index (χ4v) is 2.73. The van der Waals surface area contributed by atoms with Crippen LogP contribution in [0.2, 0.25) is 10.0 Å². The number of unbranched alkanes of at least 4 members (excludes halogenated alkanes) is 2. The van der Waals surface area contributed by atoms with Crippen LogP contribution in [0.25, 0.3) is 0 Å². The minimum atomic E-state index is -0.540. The van der Waals surface area contributed by atoms with E-state index >= 15 is 0 Å². The van der Waals surface area contributed by atoms with Crippen LogP contribution in [0, 0.1) is 0 Å². The quantitative estimate of drug-likeness (QED) is 0.530. The SMILES string of the molecule is CCCCCOc1ccccc1C(=O)NNC(=O)c1ccc(Cl)cc1Cl. The van der Waals surface area contributed by atoms with Crippen LogP contribution in [0.4, 0.5) is 0 Å². The van der Waals surface area contributed by atoms with Crippen LogP contribution in [0.15, 0.2) is 42.5 Å². The molecule has 0 atom stereocenters. The normalized spacial score (nSPS) is 10.3. The summed E-state index contributed by atoms with van der Waals surface area (Å²) in [6.07, 6.45) is 3.06. The average molecular weight is 395 g/mol. The summed E-state index contributed by atoms with van der Waals surface area (Å²) in [6.45, 7) is 2.64. The Balaban J connectivity index is 1.98. The van der Waals surface area contributed by atoms with Gasteiger partial charge in [-0.15, -0.1) is 0 Å². The summed E-state index contributed by atoms with van der Waals surface area (Å²) in [4.78, 5) is 24.5. The Kier molecular flexibility index (Phi) is 7.75. The number of carbonyl (C=O) groups excluding carboxylic acids is 2. The monoisotopic (exact) mass is 394 g/mol. The molecule has 0 radical (unpaired) electrons. The zero-order valence-electron chi connectivity index (χ0n) is 14.4. The number of halogens is 2. The number of carbonyl (C=O) groups is 2. The maximum atomic E-state index is 12.4. The van der Waals surface area contributed by atoms with Gasteiger partial charge in [-0.3, -0.25) is 20.4 Å². The molecule has 0 fully saturated rings. The van der Waals surface area contributed by atoms with Gasteiger partial charge in [0.05, 0.1) is 22.8 Å².